The summed E-state index contributed by atoms with van der Waals surface area (Å²) in [4.78, 5) is 16.8. The Kier molecular flexibility index (Phi) is 7.04. The summed E-state index contributed by atoms with van der Waals surface area (Å²) in [6.45, 7) is 6.27. The van der Waals surface area contributed by atoms with Crippen LogP contribution in [0.2, 0.25) is 0 Å². The topological polar surface area (TPSA) is 142 Å². The number of halogens is 2. The van der Waals surface area contributed by atoms with Gasteiger partial charge in [-0.1, -0.05) is 13.8 Å². The quantitative estimate of drug-likeness (QED) is 0.245. The van der Waals surface area contributed by atoms with Gasteiger partial charge < -0.3 is 25.5 Å². The van der Waals surface area contributed by atoms with Gasteiger partial charge in [0.15, 0.2) is 5.82 Å². The highest BCUT2D eigenvalue weighted by Crippen LogP contribution is 2.37. The average molecular weight is 527 g/mol. The highest BCUT2D eigenvalue weighted by Gasteiger charge is 2.27. The van der Waals surface area contributed by atoms with Gasteiger partial charge in [-0.3, -0.25) is 4.79 Å². The lowest BCUT2D eigenvalue weighted by atomic mass is 10.00. The molecule has 5 rings (SSSR count). The molecule has 1 aliphatic carbocycles. The second kappa shape index (κ2) is 10.4. The minimum absolute atomic E-state index is 0.0248. The summed E-state index contributed by atoms with van der Waals surface area (Å²) >= 11 is 0. The van der Waals surface area contributed by atoms with Crippen LogP contribution in [-0.2, 0) is 6.54 Å². The zero-order chi connectivity index (χ0) is 27.0. The van der Waals surface area contributed by atoms with Crippen molar-refractivity contribution in [3.63, 3.8) is 0 Å². The van der Waals surface area contributed by atoms with E-state index in [2.05, 4.69) is 36.2 Å². The first kappa shape index (κ1) is 25.7. The lowest BCUT2D eigenvalue weighted by Gasteiger charge is -2.13. The van der Waals surface area contributed by atoms with E-state index < -0.39 is 23.6 Å². The number of hydrogen-bond donors (Lipinski definition) is 4. The van der Waals surface area contributed by atoms with E-state index in [-0.39, 0.29) is 41.5 Å². The van der Waals surface area contributed by atoms with Crippen molar-refractivity contribution in [3.05, 3.63) is 53.3 Å². The van der Waals surface area contributed by atoms with Crippen LogP contribution in [0.5, 0.6) is 0 Å². The van der Waals surface area contributed by atoms with Crippen molar-refractivity contribution in [2.24, 2.45) is 0 Å². The van der Waals surface area contributed by atoms with E-state index in [4.69, 9.17) is 4.42 Å². The lowest BCUT2D eigenvalue weighted by molar-refractivity contribution is 0.0947. The number of benzene rings is 1. The van der Waals surface area contributed by atoms with Crippen molar-refractivity contribution >= 4 is 22.9 Å². The van der Waals surface area contributed by atoms with Gasteiger partial charge in [-0.2, -0.15) is 5.10 Å². The van der Waals surface area contributed by atoms with Crippen molar-refractivity contribution in [3.8, 4) is 11.5 Å². The highest BCUT2D eigenvalue weighted by molar-refractivity contribution is 5.96. The van der Waals surface area contributed by atoms with Gasteiger partial charge in [0.25, 0.3) is 5.91 Å². The first-order valence-corrected chi connectivity index (χ1v) is 12.4. The smallest absolute Gasteiger partial charge is 0.254 e. The molecular formula is C25H28F2N8O3. The molecule has 1 aromatic carbocycles. The molecule has 1 amide bonds. The largest absolute Gasteiger partial charge is 0.419 e. The third kappa shape index (κ3) is 5.34. The number of fused-ring (bicyclic) bond motifs is 1. The normalized spacial score (nSPS) is 14.3. The molecule has 1 aliphatic rings. The van der Waals surface area contributed by atoms with E-state index in [1.54, 1.807) is 17.6 Å². The zero-order valence-corrected chi connectivity index (χ0v) is 21.1. The summed E-state index contributed by atoms with van der Waals surface area (Å²) in [5.74, 6) is -1.58. The molecular weight excluding hydrogens is 498 g/mol. The van der Waals surface area contributed by atoms with Crippen LogP contribution in [0.3, 0.4) is 0 Å². The molecule has 38 heavy (non-hydrogen) atoms. The van der Waals surface area contributed by atoms with E-state index in [0.717, 1.165) is 24.5 Å². The number of nitrogens with zero attached hydrogens (tertiary/aromatic N) is 5. The van der Waals surface area contributed by atoms with Gasteiger partial charge in [-0.25, -0.2) is 18.3 Å². The van der Waals surface area contributed by atoms with Crippen molar-refractivity contribution in [2.45, 2.75) is 58.2 Å². The number of aromatic nitrogens is 5. The molecule has 1 atom stereocenters. The van der Waals surface area contributed by atoms with E-state index in [9.17, 15) is 18.7 Å². The average Bonchev–Trinajstić information content (AvgIpc) is 3.38. The Morgan fingerprint density at radius 2 is 2.00 bits per heavy atom. The standard InChI is InChI=1S/C25H28F2N8O3/c1-12(2)21-16(25-34-33-20(38-25)9-28-8-13(3)36)10-35-22(21)23(29-11-30-35)32-19-6-15(17(26)7-18(19)27)24(37)31-14-4-5-14/h6-7,10-14,28,36H,4-5,8-9H2,1-3H3,(H,31,37)(H,29,30,32)/t13-/m1/s1. The molecule has 1 saturated carbocycles. The number of rotatable bonds is 10. The lowest BCUT2D eigenvalue weighted by Crippen LogP contribution is -2.26. The van der Waals surface area contributed by atoms with Crippen molar-refractivity contribution in [1.82, 2.24) is 35.4 Å². The monoisotopic (exact) mass is 526 g/mol. The molecule has 0 bridgehead atoms. The molecule has 0 spiro atoms. The fourth-order valence-corrected chi connectivity index (χ4v) is 4.14. The Balaban J connectivity index is 1.50. The van der Waals surface area contributed by atoms with E-state index in [0.29, 0.717) is 29.6 Å². The van der Waals surface area contributed by atoms with Crippen LogP contribution in [0.25, 0.3) is 17.0 Å². The highest BCUT2D eigenvalue weighted by atomic mass is 19.1. The van der Waals surface area contributed by atoms with Crippen molar-refractivity contribution in [1.29, 1.82) is 0 Å². The van der Waals surface area contributed by atoms with Crippen LogP contribution in [0, 0.1) is 11.6 Å². The van der Waals surface area contributed by atoms with Crippen molar-refractivity contribution < 1.29 is 23.1 Å². The fourth-order valence-electron chi connectivity index (χ4n) is 4.14. The maximum atomic E-state index is 14.8. The minimum atomic E-state index is -0.943. The SMILES string of the molecule is CC(C)c1c(-c2nnc(CNC[C@@H](C)O)o2)cn2ncnc(Nc3cc(C(=O)NC4CC4)c(F)cc3F)c12. The number of aliphatic hydroxyl groups excluding tert-OH is 1. The van der Waals surface area contributed by atoms with Gasteiger partial charge >= 0.3 is 0 Å². The number of anilines is 2. The van der Waals surface area contributed by atoms with Gasteiger partial charge in [0.1, 0.15) is 23.5 Å². The predicted octanol–water partition coefficient (Wildman–Crippen LogP) is 3.29. The van der Waals surface area contributed by atoms with E-state index >= 15 is 0 Å². The molecule has 1 fully saturated rings. The van der Waals surface area contributed by atoms with Crippen LogP contribution in [0.1, 0.15) is 61.3 Å². The zero-order valence-electron chi connectivity index (χ0n) is 21.1. The second-order valence-electron chi connectivity index (χ2n) is 9.68. The first-order valence-electron chi connectivity index (χ1n) is 12.4. The predicted molar refractivity (Wildman–Crippen MR) is 134 cm³/mol. The molecule has 4 N–H and O–H groups in total. The molecule has 200 valence electrons. The number of carbonyl (C=O) groups is 1. The third-order valence-corrected chi connectivity index (χ3v) is 6.07. The molecule has 0 aliphatic heterocycles. The summed E-state index contributed by atoms with van der Waals surface area (Å²) in [7, 11) is 0. The minimum Gasteiger partial charge on any atom is -0.419 e. The summed E-state index contributed by atoms with van der Waals surface area (Å²) in [5.41, 5.74) is 1.58. The van der Waals surface area contributed by atoms with Crippen LogP contribution in [0.4, 0.5) is 20.3 Å². The molecule has 13 heteroatoms. The molecule has 11 nitrogen and oxygen atoms in total. The van der Waals surface area contributed by atoms with Gasteiger partial charge in [-0.15, -0.1) is 10.2 Å². The molecule has 0 radical (unpaired) electrons. The first-order chi connectivity index (χ1) is 18.2. The van der Waals surface area contributed by atoms with E-state index in [1.165, 1.54) is 6.33 Å². The van der Waals surface area contributed by atoms with Crippen LogP contribution >= 0.6 is 0 Å². The maximum absolute atomic E-state index is 14.8. The van der Waals surface area contributed by atoms with Crippen molar-refractivity contribution in [2.75, 3.05) is 11.9 Å². The molecule has 0 saturated heterocycles. The summed E-state index contributed by atoms with van der Waals surface area (Å²) < 4.78 is 36.6. The van der Waals surface area contributed by atoms with Crippen LogP contribution in [-0.4, -0.2) is 54.5 Å². The maximum Gasteiger partial charge on any atom is 0.254 e. The molecule has 3 heterocycles. The molecule has 0 unspecified atom stereocenters. The Labute approximate surface area is 216 Å². The fraction of sp³-hybridized carbons (Fsp3) is 0.400. The number of aliphatic hydroxyl groups is 1. The van der Waals surface area contributed by atoms with Gasteiger partial charge in [0.05, 0.1) is 29.5 Å². The van der Waals surface area contributed by atoms with E-state index in [1.807, 2.05) is 13.8 Å². The number of amides is 1. The second-order valence-corrected chi connectivity index (χ2v) is 9.68. The van der Waals surface area contributed by atoms with Gasteiger partial charge in [0, 0.05) is 24.8 Å². The Morgan fingerprint density at radius 1 is 1.21 bits per heavy atom. The van der Waals surface area contributed by atoms with Gasteiger partial charge in [0.2, 0.25) is 11.8 Å². The van der Waals surface area contributed by atoms with Crippen LogP contribution < -0.4 is 16.0 Å². The number of hydrogen-bond acceptors (Lipinski definition) is 9. The molecule has 4 aromatic rings. The number of carbonyl (C=O) groups excluding carboxylic acids is 1. The Morgan fingerprint density at radius 3 is 2.71 bits per heavy atom. The Hall–Kier alpha value is -3.97. The van der Waals surface area contributed by atoms with Crippen LogP contribution in [0.15, 0.2) is 29.1 Å². The summed E-state index contributed by atoms with van der Waals surface area (Å²) in [5, 5.41) is 30.6. The Bertz CT molecular complexity index is 1480. The summed E-state index contributed by atoms with van der Waals surface area (Å²) in [6.07, 6.45) is 4.18. The third-order valence-electron chi connectivity index (χ3n) is 6.07. The summed E-state index contributed by atoms with van der Waals surface area (Å²) in [6, 6.07) is 1.85. The number of nitrogens with one attached hydrogen (secondary N) is 3. The molecule has 3 aromatic heterocycles. The van der Waals surface area contributed by atoms with Gasteiger partial charge in [-0.05, 0) is 37.3 Å².